The lowest BCUT2D eigenvalue weighted by molar-refractivity contribution is -0.150. The number of benzene rings is 1. The van der Waals surface area contributed by atoms with E-state index in [0.717, 1.165) is 25.7 Å². The molecule has 64 heavy (non-hydrogen) atoms. The number of hydrogen-bond acceptors (Lipinski definition) is 15. The molecule has 3 amide bonds. The number of hydrogen-bond donors (Lipinski definition) is 3. The van der Waals surface area contributed by atoms with Gasteiger partial charge in [0.2, 0.25) is 11.8 Å². The van der Waals surface area contributed by atoms with E-state index in [4.69, 9.17) is 38.0 Å². The van der Waals surface area contributed by atoms with Gasteiger partial charge in [0.1, 0.15) is 47.0 Å². The van der Waals surface area contributed by atoms with Gasteiger partial charge in [-0.25, -0.2) is 19.6 Å². The predicted molar refractivity (Wildman–Crippen MR) is 243 cm³/mol. The molecule has 3 N–H and O–H groups in total. The van der Waals surface area contributed by atoms with Crippen molar-refractivity contribution in [3.05, 3.63) is 42.3 Å². The van der Waals surface area contributed by atoms with Crippen molar-refractivity contribution in [3.63, 3.8) is 0 Å². The topological polar surface area (TPSA) is 206 Å². The van der Waals surface area contributed by atoms with E-state index in [0.29, 0.717) is 45.3 Å². The molecule has 3 aromatic rings. The first-order chi connectivity index (χ1) is 30.4. The molecule has 17 nitrogen and oxygen atoms in total. The minimum atomic E-state index is -3.54. The second-order valence-corrected chi connectivity index (χ2v) is 20.6. The third kappa shape index (κ3) is 11.5. The Morgan fingerprint density at radius 1 is 1.02 bits per heavy atom. The van der Waals surface area contributed by atoms with Gasteiger partial charge >= 0.3 is 19.7 Å². The monoisotopic (exact) mass is 926 g/mol. The predicted octanol–water partition coefficient (Wildman–Crippen LogP) is 7.84. The maximum atomic E-state index is 14.8. The van der Waals surface area contributed by atoms with Gasteiger partial charge in [0.25, 0.3) is 0 Å². The number of amides is 3. The Bertz CT molecular complexity index is 2220. The Balaban J connectivity index is 1.35. The van der Waals surface area contributed by atoms with Crippen LogP contribution in [0.4, 0.5) is 9.93 Å². The summed E-state index contributed by atoms with van der Waals surface area (Å²) >= 11 is 1.43. The normalized spacial score (nSPS) is 21.6. The highest BCUT2D eigenvalue weighted by molar-refractivity contribution is 7.53. The summed E-state index contributed by atoms with van der Waals surface area (Å²) in [6, 6.07) is 4.88. The molecule has 0 spiro atoms. The number of nitrogens with zero attached hydrogens (tertiary/aromatic N) is 3. The van der Waals surface area contributed by atoms with Gasteiger partial charge < -0.3 is 48.8 Å². The van der Waals surface area contributed by atoms with E-state index in [9.17, 15) is 23.7 Å². The third-order valence-corrected chi connectivity index (χ3v) is 13.9. The summed E-state index contributed by atoms with van der Waals surface area (Å²) in [6.45, 7) is 19.0. The summed E-state index contributed by atoms with van der Waals surface area (Å²) in [7, 11) is -3.54. The highest BCUT2D eigenvalue weighted by atomic mass is 32.1. The number of aromatic nitrogens is 2. The van der Waals surface area contributed by atoms with Crippen LogP contribution < -0.4 is 25.4 Å². The SMILES string of the molecule is C=C[C@@H]1C[C@]1(NC(=O)[C@@H]1C[C@@H](Oc2cc(-c3csc(NC(C)C)n3)nc3cc(OCP(=O)(OCC)OCC)ccc23)CN1C(=O)[C@@H](NC(=O)OC1CCCC1)C(C)(C)C)C(=O)OCC. The molecule has 2 aromatic heterocycles. The molecule has 1 aromatic carbocycles. The summed E-state index contributed by atoms with van der Waals surface area (Å²) in [5, 5.41) is 12.2. The molecule has 19 heteroatoms. The van der Waals surface area contributed by atoms with E-state index in [1.54, 1.807) is 51.1 Å². The molecule has 1 saturated heterocycles. The molecule has 6 rings (SSSR count). The van der Waals surface area contributed by atoms with E-state index in [-0.39, 0.29) is 57.2 Å². The molecule has 2 aliphatic carbocycles. The summed E-state index contributed by atoms with van der Waals surface area (Å²) < 4.78 is 47.9. The van der Waals surface area contributed by atoms with Crippen LogP contribution in [0.1, 0.15) is 93.9 Å². The van der Waals surface area contributed by atoms with E-state index < -0.39 is 60.6 Å². The molecule has 3 fully saturated rings. The van der Waals surface area contributed by atoms with Crippen molar-refractivity contribution in [1.29, 1.82) is 0 Å². The molecular weight excluding hydrogens is 864 g/mol. The molecule has 0 bridgehead atoms. The lowest BCUT2D eigenvalue weighted by Gasteiger charge is -2.35. The van der Waals surface area contributed by atoms with Crippen LogP contribution >= 0.6 is 18.9 Å². The largest absolute Gasteiger partial charge is 0.488 e. The average molecular weight is 927 g/mol. The molecule has 1 aliphatic heterocycles. The van der Waals surface area contributed by atoms with Crippen LogP contribution in [0.2, 0.25) is 0 Å². The third-order valence-electron chi connectivity index (χ3n) is 11.3. The average Bonchev–Trinajstić information content (AvgIpc) is 3.65. The van der Waals surface area contributed by atoms with Crippen LogP contribution in [0, 0.1) is 11.3 Å². The van der Waals surface area contributed by atoms with Gasteiger partial charge in [-0.15, -0.1) is 17.9 Å². The van der Waals surface area contributed by atoms with Crippen molar-refractivity contribution < 1.29 is 51.7 Å². The molecule has 3 aliphatic rings. The standard InChI is InChI=1S/C45H63N6O11PS/c1-10-28-23-45(28,41(54)57-11-2)50-39(52)36-21-31(24-51(36)40(53)38(44(7,8)9)49-43(55)62-29-16-14-15-17-29)61-37-22-34(35-25-64-42(48-35)46-27(5)6)47-33-20-30(18-19-32(33)37)58-26-63(56,59-12-3)60-13-4/h10,18-20,22,25,27-29,31,36,38H,1,11-17,21,23-24,26H2,2-9H3,(H,46,48)(H,49,55)(H,50,52)/t28-,31-,36+,38-,45-/m1/s1. The molecule has 0 radical (unpaired) electrons. The van der Waals surface area contributed by atoms with E-state index >= 15 is 0 Å². The Kier molecular flexibility index (Phi) is 15.7. The Labute approximate surface area is 379 Å². The summed E-state index contributed by atoms with van der Waals surface area (Å²) in [4.78, 5) is 67.0. The fraction of sp³-hybridized carbons (Fsp3) is 0.600. The van der Waals surface area contributed by atoms with Gasteiger partial charge in [-0.3, -0.25) is 14.2 Å². The molecule has 5 atom stereocenters. The van der Waals surface area contributed by atoms with Crippen LogP contribution in [0.25, 0.3) is 22.3 Å². The maximum absolute atomic E-state index is 14.8. The van der Waals surface area contributed by atoms with E-state index in [2.05, 4.69) is 22.5 Å². The van der Waals surface area contributed by atoms with Gasteiger partial charge in [0.15, 0.2) is 11.5 Å². The molecule has 0 unspecified atom stereocenters. The maximum Gasteiger partial charge on any atom is 0.408 e. The van der Waals surface area contributed by atoms with Crippen molar-refractivity contribution in [3.8, 4) is 22.9 Å². The number of likely N-dealkylation sites (tertiary alicyclic amines) is 1. The first-order valence-corrected chi connectivity index (χ1v) is 24.8. The summed E-state index contributed by atoms with van der Waals surface area (Å²) in [6.07, 6.45) is 3.39. The fourth-order valence-corrected chi connectivity index (χ4v) is 10.3. The number of alkyl carbamates (subject to hydrolysis) is 1. The number of pyridine rings is 1. The zero-order valence-electron chi connectivity index (χ0n) is 38.1. The van der Waals surface area contributed by atoms with Crippen molar-refractivity contribution in [2.45, 2.75) is 130 Å². The molecular formula is C45H63N6O11PS. The van der Waals surface area contributed by atoms with Crippen molar-refractivity contribution in [1.82, 2.24) is 25.5 Å². The van der Waals surface area contributed by atoms with Crippen LogP contribution in [0.15, 0.2) is 42.3 Å². The molecule has 350 valence electrons. The fourth-order valence-electron chi connectivity index (χ4n) is 8.10. The minimum Gasteiger partial charge on any atom is -0.488 e. The minimum absolute atomic E-state index is 0.0379. The lowest BCUT2D eigenvalue weighted by atomic mass is 9.85. The second-order valence-electron chi connectivity index (χ2n) is 17.7. The number of carbonyl (C=O) groups excluding carboxylic acids is 4. The number of thiazole rings is 1. The number of fused-ring (bicyclic) bond motifs is 1. The summed E-state index contributed by atoms with van der Waals surface area (Å²) in [5.41, 5.74) is -0.578. The number of anilines is 1. The second kappa shape index (κ2) is 20.6. The zero-order chi connectivity index (χ0) is 46.4. The quantitative estimate of drug-likeness (QED) is 0.0561. The number of rotatable bonds is 20. The van der Waals surface area contributed by atoms with Gasteiger partial charge in [0, 0.05) is 41.3 Å². The van der Waals surface area contributed by atoms with Crippen LogP contribution in [-0.4, -0.2) is 107 Å². The molecule has 3 heterocycles. The summed E-state index contributed by atoms with van der Waals surface area (Å²) in [5.74, 6) is -1.25. The number of esters is 1. The van der Waals surface area contributed by atoms with Crippen LogP contribution in [0.5, 0.6) is 11.5 Å². The number of carbonyl (C=O) groups is 4. The van der Waals surface area contributed by atoms with Crippen LogP contribution in [-0.2, 0) is 37.5 Å². The van der Waals surface area contributed by atoms with Crippen LogP contribution in [0.3, 0.4) is 0 Å². The zero-order valence-corrected chi connectivity index (χ0v) is 39.8. The smallest absolute Gasteiger partial charge is 0.408 e. The Morgan fingerprint density at radius 3 is 2.36 bits per heavy atom. The van der Waals surface area contributed by atoms with E-state index in [1.165, 1.54) is 16.2 Å². The Hall–Kier alpha value is -4.77. The van der Waals surface area contributed by atoms with Crippen molar-refractivity contribution in [2.75, 3.05) is 38.0 Å². The van der Waals surface area contributed by atoms with Gasteiger partial charge in [-0.1, -0.05) is 26.8 Å². The van der Waals surface area contributed by atoms with Gasteiger partial charge in [-0.2, -0.15) is 0 Å². The van der Waals surface area contributed by atoms with Crippen molar-refractivity contribution in [2.24, 2.45) is 11.3 Å². The highest BCUT2D eigenvalue weighted by Gasteiger charge is 2.62. The van der Waals surface area contributed by atoms with E-state index in [1.807, 2.05) is 40.0 Å². The molecule has 2 saturated carbocycles. The number of nitrogens with one attached hydrogen (secondary N) is 3. The van der Waals surface area contributed by atoms with Gasteiger partial charge in [0.05, 0.1) is 37.6 Å². The first kappa shape index (κ1) is 48.7. The van der Waals surface area contributed by atoms with Gasteiger partial charge in [-0.05, 0) is 84.3 Å². The highest BCUT2D eigenvalue weighted by Crippen LogP contribution is 2.48. The van der Waals surface area contributed by atoms with Crippen molar-refractivity contribution >= 4 is 58.8 Å². The lowest BCUT2D eigenvalue weighted by Crippen LogP contribution is -2.59. The first-order valence-electron chi connectivity index (χ1n) is 22.2. The Morgan fingerprint density at radius 2 is 1.73 bits per heavy atom. The number of ether oxygens (including phenoxy) is 4.